The summed E-state index contributed by atoms with van der Waals surface area (Å²) in [6, 6.07) is 9.85. The van der Waals surface area contributed by atoms with Crippen molar-refractivity contribution in [2.45, 2.75) is 49.9 Å². The number of hydrogen-bond donors (Lipinski definition) is 1. The maximum atomic E-state index is 11.2. The molecule has 1 N–H and O–H groups in total. The van der Waals surface area contributed by atoms with Gasteiger partial charge >= 0.3 is 5.97 Å². The second-order valence-corrected chi connectivity index (χ2v) is 7.55. The molecule has 2 aliphatic carbocycles. The van der Waals surface area contributed by atoms with E-state index in [-0.39, 0.29) is 11.5 Å². The van der Waals surface area contributed by atoms with Crippen molar-refractivity contribution in [3.05, 3.63) is 58.4 Å². The smallest absolute Gasteiger partial charge is 0.335 e. The molecule has 0 radical (unpaired) electrons. The van der Waals surface area contributed by atoms with Crippen LogP contribution in [0.1, 0.15) is 82.7 Å². The van der Waals surface area contributed by atoms with Gasteiger partial charge in [0, 0.05) is 34.7 Å². The van der Waals surface area contributed by atoms with Gasteiger partial charge in [0.25, 0.3) is 0 Å². The third-order valence-electron chi connectivity index (χ3n) is 5.58. The molecule has 1 aliphatic heterocycles. The molecule has 2 fully saturated rings. The summed E-state index contributed by atoms with van der Waals surface area (Å²) in [4.78, 5) is 16.2. The molecular weight excluding hydrogens is 314 g/mol. The lowest BCUT2D eigenvalue weighted by molar-refractivity contribution is 0.0696. The number of hydrogen-bond acceptors (Lipinski definition) is 3. The molecule has 1 aromatic heterocycles. The zero-order chi connectivity index (χ0) is 17.0. The van der Waals surface area contributed by atoms with Gasteiger partial charge in [-0.25, -0.2) is 4.79 Å². The molecule has 2 saturated carbocycles. The molecule has 4 heteroatoms. The van der Waals surface area contributed by atoms with E-state index < -0.39 is 5.97 Å². The summed E-state index contributed by atoms with van der Waals surface area (Å²) in [5, 5.41) is 9.21. The molecule has 25 heavy (non-hydrogen) atoms. The van der Waals surface area contributed by atoms with Crippen LogP contribution in [-0.4, -0.2) is 22.7 Å². The number of aromatic nitrogens is 1. The number of benzene rings is 1. The Morgan fingerprint density at radius 1 is 1.00 bits per heavy atom. The first-order valence-corrected chi connectivity index (χ1v) is 9.21. The van der Waals surface area contributed by atoms with E-state index in [4.69, 9.17) is 9.72 Å². The van der Waals surface area contributed by atoms with Gasteiger partial charge in [0.1, 0.15) is 5.75 Å². The Morgan fingerprint density at radius 2 is 1.68 bits per heavy atom. The fourth-order valence-electron chi connectivity index (χ4n) is 3.84. The number of fused-ring (bicyclic) bond motifs is 1. The van der Waals surface area contributed by atoms with Crippen molar-refractivity contribution >= 4 is 5.97 Å². The summed E-state index contributed by atoms with van der Waals surface area (Å²) in [6.07, 6.45) is 5.96. The van der Waals surface area contributed by atoms with Crippen molar-refractivity contribution in [1.82, 2.24) is 4.98 Å². The zero-order valence-corrected chi connectivity index (χ0v) is 14.1. The molecule has 0 saturated heterocycles. The van der Waals surface area contributed by atoms with E-state index >= 15 is 0 Å². The predicted molar refractivity (Wildman–Crippen MR) is 93.5 cm³/mol. The largest absolute Gasteiger partial charge is 0.493 e. The van der Waals surface area contributed by atoms with Gasteiger partial charge in [0.15, 0.2) is 0 Å². The first-order chi connectivity index (χ1) is 12.2. The van der Waals surface area contributed by atoms with Crippen LogP contribution in [0.2, 0.25) is 0 Å². The van der Waals surface area contributed by atoms with Gasteiger partial charge in [-0.2, -0.15) is 0 Å². The Bertz CT molecular complexity index is 822. The van der Waals surface area contributed by atoms with E-state index in [1.54, 1.807) is 12.1 Å². The summed E-state index contributed by atoms with van der Waals surface area (Å²) in [6.45, 7) is 0.626. The van der Waals surface area contributed by atoms with Gasteiger partial charge in [-0.1, -0.05) is 6.07 Å². The lowest BCUT2D eigenvalue weighted by atomic mass is 9.85. The molecule has 128 valence electrons. The SMILES string of the molecule is O=C(O)c1ccc2c(c1)OCCC2c1cc(C2CC2)nc(C2CC2)c1. The minimum absolute atomic E-state index is 0.268. The highest BCUT2D eigenvalue weighted by Gasteiger charge is 2.32. The monoisotopic (exact) mass is 335 g/mol. The summed E-state index contributed by atoms with van der Waals surface area (Å²) in [7, 11) is 0. The van der Waals surface area contributed by atoms with Crippen molar-refractivity contribution in [1.29, 1.82) is 0 Å². The van der Waals surface area contributed by atoms with Crippen LogP contribution < -0.4 is 4.74 Å². The molecule has 1 aromatic carbocycles. The van der Waals surface area contributed by atoms with E-state index in [1.165, 1.54) is 42.6 Å². The molecule has 0 bridgehead atoms. The highest BCUT2D eigenvalue weighted by Crippen LogP contribution is 2.46. The second-order valence-electron chi connectivity index (χ2n) is 7.55. The number of carboxylic acid groups (broad SMARTS) is 1. The van der Waals surface area contributed by atoms with E-state index in [9.17, 15) is 9.90 Å². The topological polar surface area (TPSA) is 59.4 Å². The number of ether oxygens (including phenoxy) is 1. The number of rotatable bonds is 4. The fourth-order valence-corrected chi connectivity index (χ4v) is 3.84. The highest BCUT2D eigenvalue weighted by atomic mass is 16.5. The minimum atomic E-state index is -0.913. The van der Waals surface area contributed by atoms with E-state index in [2.05, 4.69) is 12.1 Å². The average molecular weight is 335 g/mol. The average Bonchev–Trinajstić information content (AvgIpc) is 3.52. The minimum Gasteiger partial charge on any atom is -0.493 e. The van der Waals surface area contributed by atoms with Crippen LogP contribution in [0, 0.1) is 0 Å². The predicted octanol–water partition coefficient (Wildman–Crippen LogP) is 4.45. The fraction of sp³-hybridized carbons (Fsp3) is 0.429. The zero-order valence-electron chi connectivity index (χ0n) is 14.1. The van der Waals surface area contributed by atoms with Crippen LogP contribution >= 0.6 is 0 Å². The summed E-state index contributed by atoms with van der Waals surface area (Å²) in [5.74, 6) is 1.36. The molecule has 2 aromatic rings. The van der Waals surface area contributed by atoms with Crippen molar-refractivity contribution < 1.29 is 14.6 Å². The first-order valence-electron chi connectivity index (χ1n) is 9.21. The normalized spacial score (nSPS) is 22.2. The Morgan fingerprint density at radius 3 is 2.28 bits per heavy atom. The Labute approximate surface area is 146 Å². The van der Waals surface area contributed by atoms with Gasteiger partial charge in [-0.15, -0.1) is 0 Å². The standard InChI is InChI=1S/C21H21NO3/c23-21(24)14-5-6-17-16(7-8-25-20(17)11-14)15-9-18(12-1-2-12)22-19(10-15)13-3-4-13/h5-6,9-13,16H,1-4,7-8H2,(H,23,24). The summed E-state index contributed by atoms with van der Waals surface area (Å²) in [5.41, 5.74) is 5.23. The second kappa shape index (κ2) is 5.58. The van der Waals surface area contributed by atoms with Crippen LogP contribution in [-0.2, 0) is 0 Å². The summed E-state index contributed by atoms with van der Waals surface area (Å²) >= 11 is 0. The van der Waals surface area contributed by atoms with Gasteiger partial charge < -0.3 is 9.84 Å². The molecule has 4 nitrogen and oxygen atoms in total. The first kappa shape index (κ1) is 14.9. The van der Waals surface area contributed by atoms with Crippen molar-refractivity contribution in [2.24, 2.45) is 0 Å². The van der Waals surface area contributed by atoms with Crippen molar-refractivity contribution in [3.8, 4) is 5.75 Å². The molecule has 3 aliphatic rings. The van der Waals surface area contributed by atoms with Gasteiger partial charge in [-0.05, 0) is 61.9 Å². The lowest BCUT2D eigenvalue weighted by Crippen LogP contribution is -2.16. The van der Waals surface area contributed by atoms with Gasteiger partial charge in [0.05, 0.1) is 12.2 Å². The number of aromatic carboxylic acids is 1. The van der Waals surface area contributed by atoms with Gasteiger partial charge in [0.2, 0.25) is 0 Å². The van der Waals surface area contributed by atoms with E-state index in [1.807, 2.05) is 6.07 Å². The Hall–Kier alpha value is -2.36. The molecule has 0 amide bonds. The maximum Gasteiger partial charge on any atom is 0.335 e. The van der Waals surface area contributed by atoms with Crippen LogP contribution in [0.15, 0.2) is 30.3 Å². The van der Waals surface area contributed by atoms with Crippen molar-refractivity contribution in [2.75, 3.05) is 6.61 Å². The number of nitrogens with zero attached hydrogens (tertiary/aromatic N) is 1. The molecule has 1 atom stereocenters. The Kier molecular flexibility index (Phi) is 3.34. The van der Waals surface area contributed by atoms with Crippen LogP contribution in [0.25, 0.3) is 0 Å². The van der Waals surface area contributed by atoms with E-state index in [0.717, 1.165) is 12.0 Å². The highest BCUT2D eigenvalue weighted by molar-refractivity contribution is 5.88. The third-order valence-corrected chi connectivity index (χ3v) is 5.58. The molecular formula is C21H21NO3. The van der Waals surface area contributed by atoms with E-state index in [0.29, 0.717) is 24.2 Å². The summed E-state index contributed by atoms with van der Waals surface area (Å²) < 4.78 is 5.77. The third kappa shape index (κ3) is 2.80. The van der Waals surface area contributed by atoms with Crippen LogP contribution in [0.4, 0.5) is 0 Å². The maximum absolute atomic E-state index is 11.2. The Balaban J connectivity index is 1.57. The van der Waals surface area contributed by atoms with Gasteiger partial charge in [-0.3, -0.25) is 4.98 Å². The quantitative estimate of drug-likeness (QED) is 0.897. The molecule has 2 heterocycles. The molecule has 5 rings (SSSR count). The number of carbonyl (C=O) groups is 1. The molecule has 1 unspecified atom stereocenters. The number of pyridine rings is 1. The van der Waals surface area contributed by atoms with Crippen LogP contribution in [0.5, 0.6) is 5.75 Å². The number of carboxylic acids is 1. The van der Waals surface area contributed by atoms with Crippen LogP contribution in [0.3, 0.4) is 0 Å². The lowest BCUT2D eigenvalue weighted by Gasteiger charge is -2.27. The van der Waals surface area contributed by atoms with Crippen molar-refractivity contribution in [3.63, 3.8) is 0 Å². The molecule has 0 spiro atoms.